The summed E-state index contributed by atoms with van der Waals surface area (Å²) in [5.41, 5.74) is 1.22. The van der Waals surface area contributed by atoms with Crippen LogP contribution in [0.2, 0.25) is 5.02 Å². The zero-order valence-corrected chi connectivity index (χ0v) is 19.1. The molecular weight excluding hydrogens is 434 g/mol. The molecule has 2 aliphatic rings. The maximum atomic E-state index is 13.1. The van der Waals surface area contributed by atoms with E-state index in [2.05, 4.69) is 5.32 Å². The summed E-state index contributed by atoms with van der Waals surface area (Å²) in [4.78, 5) is 42.5. The van der Waals surface area contributed by atoms with E-state index in [9.17, 15) is 14.4 Å². The van der Waals surface area contributed by atoms with Crippen molar-refractivity contribution in [2.45, 2.75) is 32.6 Å². The zero-order chi connectivity index (χ0) is 22.0. The molecule has 1 aliphatic heterocycles. The largest absolute Gasteiger partial charge is 0.339 e. The number of anilines is 1. The van der Waals surface area contributed by atoms with Gasteiger partial charge >= 0.3 is 0 Å². The lowest BCUT2D eigenvalue weighted by molar-refractivity contribution is -0.136. The Balaban J connectivity index is 1.37. The molecule has 1 N–H and O–H groups in total. The molecule has 1 saturated carbocycles. The fourth-order valence-electron chi connectivity index (χ4n) is 4.29. The molecule has 2 heterocycles. The van der Waals surface area contributed by atoms with E-state index in [1.54, 1.807) is 29.2 Å². The van der Waals surface area contributed by atoms with Gasteiger partial charge in [-0.25, -0.2) is 0 Å². The number of aryl methyl sites for hydroxylation is 1. The van der Waals surface area contributed by atoms with Crippen LogP contribution in [0, 0.1) is 12.8 Å². The van der Waals surface area contributed by atoms with Crippen LogP contribution in [-0.4, -0.2) is 53.7 Å². The highest BCUT2D eigenvalue weighted by Gasteiger charge is 2.31. The molecule has 8 heteroatoms. The number of thiophene rings is 1. The highest BCUT2D eigenvalue weighted by Crippen LogP contribution is 2.30. The lowest BCUT2D eigenvalue weighted by atomic mass is 10.1. The van der Waals surface area contributed by atoms with E-state index in [1.807, 2.05) is 17.9 Å². The molecular formula is C23H26ClN3O3S. The molecule has 1 saturated heterocycles. The number of carbonyl (C=O) groups excluding carboxylic acids is 3. The highest BCUT2D eigenvalue weighted by molar-refractivity contribution is 7.18. The SMILES string of the molecule is Cc1cc(NC(=O)c2ccccc2Cl)sc1C(=O)N1CCN(C(=O)C2CCCC2)CC1. The van der Waals surface area contributed by atoms with Crippen molar-refractivity contribution >= 4 is 45.7 Å². The molecule has 0 unspecified atom stereocenters. The van der Waals surface area contributed by atoms with Gasteiger partial charge in [-0.1, -0.05) is 36.6 Å². The second-order valence-electron chi connectivity index (χ2n) is 8.16. The highest BCUT2D eigenvalue weighted by atomic mass is 35.5. The van der Waals surface area contributed by atoms with Crippen molar-refractivity contribution in [3.8, 4) is 0 Å². The van der Waals surface area contributed by atoms with Crippen LogP contribution in [0.3, 0.4) is 0 Å². The average Bonchev–Trinajstić information content (AvgIpc) is 3.43. The Labute approximate surface area is 191 Å². The summed E-state index contributed by atoms with van der Waals surface area (Å²) in [5.74, 6) is 0.0751. The quantitative estimate of drug-likeness (QED) is 0.734. The van der Waals surface area contributed by atoms with Gasteiger partial charge < -0.3 is 15.1 Å². The van der Waals surface area contributed by atoms with Gasteiger partial charge in [0.25, 0.3) is 11.8 Å². The van der Waals surface area contributed by atoms with Crippen LogP contribution in [-0.2, 0) is 4.79 Å². The molecule has 0 spiro atoms. The van der Waals surface area contributed by atoms with Crippen LogP contribution in [0.5, 0.6) is 0 Å². The number of amides is 3. The van der Waals surface area contributed by atoms with E-state index in [1.165, 1.54) is 11.3 Å². The monoisotopic (exact) mass is 459 g/mol. The van der Waals surface area contributed by atoms with Gasteiger partial charge in [0.1, 0.15) is 0 Å². The van der Waals surface area contributed by atoms with E-state index in [0.717, 1.165) is 31.2 Å². The number of nitrogens with one attached hydrogen (secondary N) is 1. The predicted molar refractivity (Wildman–Crippen MR) is 123 cm³/mol. The molecule has 0 radical (unpaired) electrons. The van der Waals surface area contributed by atoms with Gasteiger partial charge in [0.2, 0.25) is 5.91 Å². The first kappa shape index (κ1) is 21.8. The molecule has 3 amide bonds. The summed E-state index contributed by atoms with van der Waals surface area (Å²) >= 11 is 7.37. The minimum atomic E-state index is -0.301. The van der Waals surface area contributed by atoms with Crippen LogP contribution in [0.25, 0.3) is 0 Å². The molecule has 1 aromatic heterocycles. The topological polar surface area (TPSA) is 69.7 Å². The fourth-order valence-corrected chi connectivity index (χ4v) is 5.54. The van der Waals surface area contributed by atoms with Gasteiger partial charge in [0.15, 0.2) is 0 Å². The number of rotatable bonds is 4. The summed E-state index contributed by atoms with van der Waals surface area (Å²) in [7, 11) is 0. The Kier molecular flexibility index (Phi) is 6.62. The minimum absolute atomic E-state index is 0.0475. The minimum Gasteiger partial charge on any atom is -0.339 e. The lowest BCUT2D eigenvalue weighted by Gasteiger charge is -2.36. The number of piperazine rings is 1. The summed E-state index contributed by atoms with van der Waals surface area (Å²) in [6.45, 7) is 4.11. The smallest absolute Gasteiger partial charge is 0.264 e. The third kappa shape index (κ3) is 4.77. The normalized spacial score (nSPS) is 17.1. The van der Waals surface area contributed by atoms with E-state index < -0.39 is 0 Å². The van der Waals surface area contributed by atoms with Gasteiger partial charge in [0.05, 0.1) is 20.5 Å². The third-order valence-electron chi connectivity index (χ3n) is 6.05. The number of halogens is 1. The van der Waals surface area contributed by atoms with Gasteiger partial charge in [0, 0.05) is 32.1 Å². The van der Waals surface area contributed by atoms with E-state index in [0.29, 0.717) is 46.6 Å². The van der Waals surface area contributed by atoms with Gasteiger partial charge in [-0.15, -0.1) is 11.3 Å². The average molecular weight is 460 g/mol. The predicted octanol–water partition coefficient (Wildman–Crippen LogP) is 4.44. The molecule has 2 aromatic rings. The molecule has 4 rings (SSSR count). The van der Waals surface area contributed by atoms with E-state index >= 15 is 0 Å². The van der Waals surface area contributed by atoms with Gasteiger partial charge in [-0.3, -0.25) is 14.4 Å². The lowest BCUT2D eigenvalue weighted by Crippen LogP contribution is -2.51. The standard InChI is InChI=1S/C23H26ClN3O3S/c1-15-14-19(25-21(28)17-8-4-5-9-18(17)24)31-20(15)23(30)27-12-10-26(11-13-27)22(29)16-6-2-3-7-16/h4-5,8-9,14,16H,2-3,6-7,10-13H2,1H3,(H,25,28). The summed E-state index contributed by atoms with van der Waals surface area (Å²) in [5, 5.41) is 3.84. The first-order valence-electron chi connectivity index (χ1n) is 10.7. The zero-order valence-electron chi connectivity index (χ0n) is 17.5. The summed E-state index contributed by atoms with van der Waals surface area (Å²) < 4.78 is 0. The van der Waals surface area contributed by atoms with Crippen LogP contribution in [0.15, 0.2) is 30.3 Å². The number of nitrogens with zero attached hydrogens (tertiary/aromatic N) is 2. The first-order valence-corrected chi connectivity index (χ1v) is 11.9. The van der Waals surface area contributed by atoms with Crippen LogP contribution < -0.4 is 5.32 Å². The van der Waals surface area contributed by atoms with E-state index in [4.69, 9.17) is 11.6 Å². The van der Waals surface area contributed by atoms with Crippen molar-refractivity contribution in [1.82, 2.24) is 9.80 Å². The van der Waals surface area contributed by atoms with E-state index in [-0.39, 0.29) is 23.6 Å². The van der Waals surface area contributed by atoms with Gasteiger partial charge in [-0.05, 0) is 43.5 Å². The molecule has 164 valence electrons. The van der Waals surface area contributed by atoms with Gasteiger partial charge in [-0.2, -0.15) is 0 Å². The Hall–Kier alpha value is -2.38. The van der Waals surface area contributed by atoms with Crippen molar-refractivity contribution in [2.24, 2.45) is 5.92 Å². The Bertz CT molecular complexity index is 992. The summed E-state index contributed by atoms with van der Waals surface area (Å²) in [6, 6.07) is 8.67. The number of carbonyl (C=O) groups is 3. The third-order valence-corrected chi connectivity index (χ3v) is 7.52. The van der Waals surface area contributed by atoms with Crippen LogP contribution in [0.4, 0.5) is 5.00 Å². The molecule has 0 atom stereocenters. The second-order valence-corrected chi connectivity index (χ2v) is 9.62. The van der Waals surface area contributed by atoms with Crippen molar-refractivity contribution < 1.29 is 14.4 Å². The maximum absolute atomic E-state index is 13.1. The Morgan fingerprint density at radius 1 is 1.03 bits per heavy atom. The van der Waals surface area contributed by atoms with Crippen molar-refractivity contribution in [3.63, 3.8) is 0 Å². The van der Waals surface area contributed by atoms with Crippen molar-refractivity contribution in [1.29, 1.82) is 0 Å². The van der Waals surface area contributed by atoms with Crippen LogP contribution in [0.1, 0.15) is 51.3 Å². The molecule has 1 aromatic carbocycles. The Morgan fingerprint density at radius 3 is 2.35 bits per heavy atom. The molecule has 6 nitrogen and oxygen atoms in total. The number of hydrogen-bond donors (Lipinski definition) is 1. The van der Waals surface area contributed by atoms with Crippen molar-refractivity contribution in [3.05, 3.63) is 51.4 Å². The fraction of sp³-hybridized carbons (Fsp3) is 0.435. The number of hydrogen-bond acceptors (Lipinski definition) is 4. The maximum Gasteiger partial charge on any atom is 0.264 e. The molecule has 2 fully saturated rings. The summed E-state index contributed by atoms with van der Waals surface area (Å²) in [6.07, 6.45) is 4.27. The Morgan fingerprint density at radius 2 is 1.68 bits per heavy atom. The molecule has 1 aliphatic carbocycles. The van der Waals surface area contributed by atoms with Crippen molar-refractivity contribution in [2.75, 3.05) is 31.5 Å². The second kappa shape index (κ2) is 9.40. The number of benzene rings is 1. The molecule has 0 bridgehead atoms. The molecule has 31 heavy (non-hydrogen) atoms. The first-order chi connectivity index (χ1) is 14.9. The van der Waals surface area contributed by atoms with Crippen LogP contribution >= 0.6 is 22.9 Å².